The highest BCUT2D eigenvalue weighted by atomic mass is 16.5. The molecule has 2 N–H and O–H groups in total. The topological polar surface area (TPSA) is 115 Å². The number of ether oxygens (including phenoxy) is 3. The lowest BCUT2D eigenvalue weighted by Crippen LogP contribution is -2.22. The number of para-hydroxylation sites is 2. The molecular weight excluding hydrogens is 450 g/mol. The number of nitrogens with zero attached hydrogens (tertiary/aromatic N) is 2. The first kappa shape index (κ1) is 23.8. The van der Waals surface area contributed by atoms with Crippen molar-refractivity contribution in [1.82, 2.24) is 4.98 Å². The molecule has 0 spiro atoms. The summed E-state index contributed by atoms with van der Waals surface area (Å²) in [7, 11) is 4.59. The summed E-state index contributed by atoms with van der Waals surface area (Å²) in [5.74, 6) is 1.05. The molecule has 9 nitrogen and oxygen atoms in total. The predicted molar refractivity (Wildman–Crippen MR) is 130 cm³/mol. The molecule has 2 aromatic heterocycles. The number of methoxy groups -OCH3 is 3. The third-order valence-corrected chi connectivity index (χ3v) is 5.43. The van der Waals surface area contributed by atoms with E-state index in [1.807, 2.05) is 6.07 Å². The maximum Gasteiger partial charge on any atom is 0.261 e. The Morgan fingerprint density at radius 3 is 2.54 bits per heavy atom. The van der Waals surface area contributed by atoms with Crippen molar-refractivity contribution in [2.45, 2.75) is 13.5 Å². The molecule has 0 fully saturated rings. The standard InChI is InChI=1S/C26H25N3O6/c1-15-24-18(16(14-30)13-27-15)12-19(26(35-24)29-20-7-5-6-8-22(20)33-3)25(31)28-21-10-9-17(32-2)11-23(21)34-4/h5-13,30H,14H2,1-4H3,(H,28,31). The van der Waals surface area contributed by atoms with Crippen molar-refractivity contribution in [3.8, 4) is 17.2 Å². The van der Waals surface area contributed by atoms with Crippen molar-refractivity contribution in [1.29, 1.82) is 0 Å². The van der Waals surface area contributed by atoms with Crippen LogP contribution in [-0.4, -0.2) is 37.3 Å². The number of anilines is 1. The number of benzene rings is 2. The Morgan fingerprint density at radius 2 is 1.83 bits per heavy atom. The predicted octanol–water partition coefficient (Wildman–Crippen LogP) is 4.14. The monoisotopic (exact) mass is 475 g/mol. The zero-order chi connectivity index (χ0) is 24.9. The highest BCUT2D eigenvalue weighted by Crippen LogP contribution is 2.30. The Balaban J connectivity index is 1.92. The van der Waals surface area contributed by atoms with Crippen LogP contribution in [0.2, 0.25) is 0 Å². The van der Waals surface area contributed by atoms with E-state index in [-0.39, 0.29) is 17.7 Å². The van der Waals surface area contributed by atoms with Crippen LogP contribution in [0.1, 0.15) is 21.6 Å². The van der Waals surface area contributed by atoms with Gasteiger partial charge in [0.2, 0.25) is 5.55 Å². The number of aryl methyl sites for hydroxylation is 1. The lowest BCUT2D eigenvalue weighted by molar-refractivity contribution is 0.102. The Bertz CT molecular complexity index is 1460. The molecule has 0 saturated heterocycles. The smallest absolute Gasteiger partial charge is 0.261 e. The number of rotatable bonds is 7. The average Bonchev–Trinajstić information content (AvgIpc) is 2.89. The third-order valence-electron chi connectivity index (χ3n) is 5.43. The third kappa shape index (κ3) is 4.80. The van der Waals surface area contributed by atoms with Crippen LogP contribution in [-0.2, 0) is 6.61 Å². The van der Waals surface area contributed by atoms with Crippen LogP contribution in [0.4, 0.5) is 11.4 Å². The molecule has 0 bridgehead atoms. The number of aromatic nitrogens is 1. The summed E-state index contributed by atoms with van der Waals surface area (Å²) in [6.07, 6.45) is 1.55. The van der Waals surface area contributed by atoms with Gasteiger partial charge in [-0.1, -0.05) is 12.1 Å². The van der Waals surface area contributed by atoms with Crippen molar-refractivity contribution in [2.24, 2.45) is 4.99 Å². The quantitative estimate of drug-likeness (QED) is 0.413. The normalized spacial score (nSPS) is 11.4. The van der Waals surface area contributed by atoms with E-state index >= 15 is 0 Å². The molecular formula is C26H25N3O6. The van der Waals surface area contributed by atoms with Gasteiger partial charge in [-0.05, 0) is 37.3 Å². The van der Waals surface area contributed by atoms with E-state index in [0.29, 0.717) is 50.8 Å². The summed E-state index contributed by atoms with van der Waals surface area (Å²) in [6, 6.07) is 13.8. The largest absolute Gasteiger partial charge is 0.497 e. The van der Waals surface area contributed by atoms with Crippen LogP contribution in [0.3, 0.4) is 0 Å². The Labute approximate surface area is 201 Å². The summed E-state index contributed by atoms with van der Waals surface area (Å²) in [6.45, 7) is 1.51. The van der Waals surface area contributed by atoms with Crippen molar-refractivity contribution < 1.29 is 28.5 Å². The molecule has 9 heteroatoms. The second-order valence-electron chi connectivity index (χ2n) is 7.54. The van der Waals surface area contributed by atoms with E-state index in [9.17, 15) is 9.90 Å². The highest BCUT2D eigenvalue weighted by molar-refractivity contribution is 6.06. The van der Waals surface area contributed by atoms with Gasteiger partial charge in [-0.15, -0.1) is 0 Å². The number of hydrogen-bond donors (Lipinski definition) is 2. The Hall–Kier alpha value is -4.37. The number of aliphatic hydroxyl groups excluding tert-OH is 1. The first-order chi connectivity index (χ1) is 17.0. The molecule has 0 aliphatic carbocycles. The van der Waals surface area contributed by atoms with E-state index in [2.05, 4.69) is 15.3 Å². The van der Waals surface area contributed by atoms with Gasteiger partial charge in [-0.2, -0.15) is 0 Å². The fraction of sp³-hybridized carbons (Fsp3) is 0.192. The van der Waals surface area contributed by atoms with Crippen LogP contribution in [0.25, 0.3) is 11.0 Å². The number of amides is 1. The lowest BCUT2D eigenvalue weighted by atomic mass is 10.1. The van der Waals surface area contributed by atoms with Gasteiger partial charge in [-0.25, -0.2) is 4.99 Å². The number of aliphatic hydroxyl groups is 1. The van der Waals surface area contributed by atoms with E-state index in [1.54, 1.807) is 62.7 Å². The fourth-order valence-electron chi connectivity index (χ4n) is 3.58. The van der Waals surface area contributed by atoms with Crippen LogP contribution >= 0.6 is 0 Å². The summed E-state index contributed by atoms with van der Waals surface area (Å²) >= 11 is 0. The van der Waals surface area contributed by atoms with E-state index in [0.717, 1.165) is 0 Å². The van der Waals surface area contributed by atoms with Gasteiger partial charge in [0, 0.05) is 23.2 Å². The number of carbonyl (C=O) groups excluding carboxylic acids is 1. The Kier molecular flexibility index (Phi) is 6.98. The van der Waals surface area contributed by atoms with Crippen LogP contribution in [0.5, 0.6) is 17.2 Å². The zero-order valence-electron chi connectivity index (χ0n) is 19.8. The van der Waals surface area contributed by atoms with Gasteiger partial charge in [0.15, 0.2) is 5.58 Å². The summed E-state index contributed by atoms with van der Waals surface area (Å²) in [5.41, 5.74) is 2.68. The molecule has 0 unspecified atom stereocenters. The van der Waals surface area contributed by atoms with Gasteiger partial charge in [-0.3, -0.25) is 9.78 Å². The molecule has 0 atom stereocenters. The van der Waals surface area contributed by atoms with Gasteiger partial charge in [0.25, 0.3) is 5.91 Å². The maximum atomic E-state index is 13.5. The molecule has 0 aliphatic heterocycles. The van der Waals surface area contributed by atoms with Gasteiger partial charge >= 0.3 is 0 Å². The fourth-order valence-corrected chi connectivity index (χ4v) is 3.58. The second kappa shape index (κ2) is 10.3. The van der Waals surface area contributed by atoms with Gasteiger partial charge < -0.3 is 29.1 Å². The van der Waals surface area contributed by atoms with Crippen molar-refractivity contribution >= 4 is 28.3 Å². The molecule has 0 radical (unpaired) electrons. The molecule has 4 rings (SSSR count). The summed E-state index contributed by atoms with van der Waals surface area (Å²) in [4.78, 5) is 22.4. The lowest BCUT2D eigenvalue weighted by Gasteiger charge is -2.13. The van der Waals surface area contributed by atoms with Crippen molar-refractivity contribution in [2.75, 3.05) is 26.6 Å². The van der Waals surface area contributed by atoms with Crippen LogP contribution < -0.4 is 25.1 Å². The molecule has 180 valence electrons. The zero-order valence-corrected chi connectivity index (χ0v) is 19.8. The first-order valence-corrected chi connectivity index (χ1v) is 10.7. The molecule has 0 aliphatic rings. The summed E-state index contributed by atoms with van der Waals surface area (Å²) < 4.78 is 22.2. The Morgan fingerprint density at radius 1 is 1.06 bits per heavy atom. The molecule has 0 saturated carbocycles. The number of nitrogens with one attached hydrogen (secondary N) is 1. The molecule has 4 aromatic rings. The number of pyridine rings is 1. The first-order valence-electron chi connectivity index (χ1n) is 10.7. The summed E-state index contributed by atoms with van der Waals surface area (Å²) in [5, 5.41) is 13.2. The van der Waals surface area contributed by atoms with Gasteiger partial charge in [0.1, 0.15) is 28.5 Å². The minimum Gasteiger partial charge on any atom is -0.497 e. The van der Waals surface area contributed by atoms with Gasteiger partial charge in [0.05, 0.1) is 39.3 Å². The number of fused-ring (bicyclic) bond motifs is 1. The highest BCUT2D eigenvalue weighted by Gasteiger charge is 2.18. The van der Waals surface area contributed by atoms with Crippen molar-refractivity contribution in [3.63, 3.8) is 0 Å². The van der Waals surface area contributed by atoms with Crippen molar-refractivity contribution in [3.05, 3.63) is 77.1 Å². The maximum absolute atomic E-state index is 13.5. The molecule has 1 amide bonds. The van der Waals surface area contributed by atoms with Crippen LogP contribution in [0, 0.1) is 6.92 Å². The van der Waals surface area contributed by atoms with E-state index in [4.69, 9.17) is 18.6 Å². The SMILES string of the molecule is COc1ccc(NC(=O)c2cc3c(CO)cnc(C)c3oc2=Nc2ccccc2OC)c(OC)c1. The van der Waals surface area contributed by atoms with E-state index in [1.165, 1.54) is 14.2 Å². The van der Waals surface area contributed by atoms with E-state index < -0.39 is 5.91 Å². The molecule has 2 aromatic carbocycles. The molecule has 2 heterocycles. The minimum absolute atomic E-state index is 0.0620. The van der Waals surface area contributed by atoms with Crippen LogP contribution in [0.15, 0.2) is 64.1 Å². The number of hydrogen-bond acceptors (Lipinski definition) is 8. The number of carbonyl (C=O) groups is 1. The minimum atomic E-state index is -0.480. The molecule has 35 heavy (non-hydrogen) atoms. The average molecular weight is 476 g/mol. The second-order valence-corrected chi connectivity index (χ2v) is 7.54.